The van der Waals surface area contributed by atoms with Crippen molar-refractivity contribution in [3.63, 3.8) is 0 Å². The maximum atomic E-state index is 13.6. The van der Waals surface area contributed by atoms with Crippen molar-refractivity contribution in [3.05, 3.63) is 70.0 Å². The van der Waals surface area contributed by atoms with Gasteiger partial charge in [0.1, 0.15) is 11.5 Å². The van der Waals surface area contributed by atoms with Crippen molar-refractivity contribution in [2.45, 2.75) is 12.8 Å². The molecule has 1 saturated heterocycles. The van der Waals surface area contributed by atoms with Crippen LogP contribution in [-0.4, -0.2) is 29.8 Å². The number of carbonyl (C=O) groups is 2. The third-order valence-corrected chi connectivity index (χ3v) is 4.70. The van der Waals surface area contributed by atoms with Crippen LogP contribution in [0.5, 0.6) is 0 Å². The lowest BCUT2D eigenvalue weighted by atomic mass is 9.95. The number of anilines is 1. The number of hydrazine groups is 1. The van der Waals surface area contributed by atoms with Crippen LogP contribution >= 0.6 is 0 Å². The van der Waals surface area contributed by atoms with Crippen molar-refractivity contribution in [3.8, 4) is 0 Å². The Morgan fingerprint density at radius 3 is 2.36 bits per heavy atom. The van der Waals surface area contributed by atoms with Crippen LogP contribution in [0.25, 0.3) is 0 Å². The number of nitrogens with zero attached hydrogens (tertiary/aromatic N) is 2. The highest BCUT2D eigenvalue weighted by molar-refractivity contribution is 5.95. The molecule has 0 radical (unpaired) electrons. The summed E-state index contributed by atoms with van der Waals surface area (Å²) in [4.78, 5) is 36.9. The number of benzene rings is 2. The zero-order valence-electron chi connectivity index (χ0n) is 14.9. The van der Waals surface area contributed by atoms with E-state index in [1.165, 1.54) is 24.3 Å². The third-order valence-electron chi connectivity index (χ3n) is 4.70. The smallest absolute Gasteiger partial charge is 0.292 e. The van der Waals surface area contributed by atoms with E-state index in [4.69, 9.17) is 0 Å². The van der Waals surface area contributed by atoms with Crippen LogP contribution in [0, 0.1) is 21.8 Å². The Morgan fingerprint density at radius 2 is 1.68 bits per heavy atom. The van der Waals surface area contributed by atoms with E-state index < -0.39 is 16.6 Å². The zero-order valence-corrected chi connectivity index (χ0v) is 14.9. The first kappa shape index (κ1) is 19.3. The van der Waals surface area contributed by atoms with Crippen LogP contribution < -0.4 is 15.8 Å². The molecule has 0 atom stereocenters. The summed E-state index contributed by atoms with van der Waals surface area (Å²) in [5.41, 5.74) is 4.95. The van der Waals surface area contributed by atoms with Gasteiger partial charge in [0.05, 0.1) is 10.5 Å². The molecule has 2 N–H and O–H groups in total. The number of para-hydroxylation sites is 2. The van der Waals surface area contributed by atoms with Crippen LogP contribution in [0.2, 0.25) is 0 Å². The molecular weight excluding hydrogens is 367 g/mol. The van der Waals surface area contributed by atoms with Gasteiger partial charge in [-0.25, -0.2) is 4.39 Å². The lowest BCUT2D eigenvalue weighted by Gasteiger charge is -2.32. The van der Waals surface area contributed by atoms with Gasteiger partial charge in [-0.15, -0.1) is 0 Å². The highest BCUT2D eigenvalue weighted by atomic mass is 19.1. The first-order chi connectivity index (χ1) is 13.5. The lowest BCUT2D eigenvalue weighted by molar-refractivity contribution is -0.384. The summed E-state index contributed by atoms with van der Waals surface area (Å²) < 4.78 is 13.6. The van der Waals surface area contributed by atoms with E-state index >= 15 is 0 Å². The standard InChI is InChI=1S/C19H19FN4O4/c20-15-6-2-1-5-14(15)19(26)22-21-18(25)13-9-11-23(12-10-13)16-7-3-4-8-17(16)24(27)28/h1-8,13H,9-12H2,(H,21,25)(H,22,26). The first-order valence-electron chi connectivity index (χ1n) is 8.80. The Hall–Kier alpha value is -3.49. The second kappa shape index (κ2) is 8.47. The molecule has 2 aromatic carbocycles. The van der Waals surface area contributed by atoms with Crippen LogP contribution in [-0.2, 0) is 4.79 Å². The van der Waals surface area contributed by atoms with Gasteiger partial charge in [0.25, 0.3) is 11.6 Å². The highest BCUT2D eigenvalue weighted by Gasteiger charge is 2.28. The monoisotopic (exact) mass is 386 g/mol. The summed E-state index contributed by atoms with van der Waals surface area (Å²) in [6, 6.07) is 12.0. The predicted octanol–water partition coefficient (Wildman–Crippen LogP) is 2.41. The Balaban J connectivity index is 1.54. The third kappa shape index (κ3) is 4.25. The predicted molar refractivity (Wildman–Crippen MR) is 100 cm³/mol. The van der Waals surface area contributed by atoms with Gasteiger partial charge in [-0.05, 0) is 31.0 Å². The number of amides is 2. The molecule has 0 aromatic heterocycles. The van der Waals surface area contributed by atoms with Crippen molar-refractivity contribution in [2.24, 2.45) is 5.92 Å². The summed E-state index contributed by atoms with van der Waals surface area (Å²) in [5.74, 6) is -2.12. The molecule has 8 nitrogen and oxygen atoms in total. The van der Waals surface area contributed by atoms with E-state index in [1.54, 1.807) is 18.2 Å². The number of nitrogens with one attached hydrogen (secondary N) is 2. The van der Waals surface area contributed by atoms with Gasteiger partial charge in [0.2, 0.25) is 5.91 Å². The van der Waals surface area contributed by atoms with Crippen LogP contribution in [0.3, 0.4) is 0 Å². The minimum Gasteiger partial charge on any atom is -0.366 e. The van der Waals surface area contributed by atoms with Gasteiger partial charge in [-0.2, -0.15) is 0 Å². The molecule has 9 heteroatoms. The van der Waals surface area contributed by atoms with Gasteiger partial charge >= 0.3 is 0 Å². The van der Waals surface area contributed by atoms with E-state index in [9.17, 15) is 24.1 Å². The Morgan fingerprint density at radius 1 is 1.04 bits per heavy atom. The summed E-state index contributed by atoms with van der Waals surface area (Å²) in [6.45, 7) is 0.953. The molecule has 0 bridgehead atoms. The zero-order chi connectivity index (χ0) is 20.1. The molecule has 1 heterocycles. The minimum absolute atomic E-state index is 0.0301. The van der Waals surface area contributed by atoms with Crippen molar-refractivity contribution >= 4 is 23.2 Å². The Labute approximate surface area is 160 Å². The molecular formula is C19H19FN4O4. The SMILES string of the molecule is O=C(NNC(=O)C1CCN(c2ccccc2[N+](=O)[O-])CC1)c1ccccc1F. The fourth-order valence-corrected chi connectivity index (χ4v) is 3.20. The fourth-order valence-electron chi connectivity index (χ4n) is 3.20. The number of rotatable bonds is 4. The molecule has 1 aliphatic rings. The van der Waals surface area contributed by atoms with Gasteiger partial charge in [-0.1, -0.05) is 24.3 Å². The molecule has 1 fully saturated rings. The summed E-state index contributed by atoms with van der Waals surface area (Å²) in [7, 11) is 0. The number of carbonyl (C=O) groups excluding carboxylic acids is 2. The minimum atomic E-state index is -0.733. The average Bonchev–Trinajstić information content (AvgIpc) is 2.72. The Kier molecular flexibility index (Phi) is 5.83. The Bertz CT molecular complexity index is 897. The molecule has 0 unspecified atom stereocenters. The van der Waals surface area contributed by atoms with E-state index in [0.29, 0.717) is 31.6 Å². The molecule has 28 heavy (non-hydrogen) atoms. The molecule has 2 aromatic rings. The number of nitro benzene ring substituents is 1. The van der Waals surface area contributed by atoms with E-state index in [-0.39, 0.29) is 23.1 Å². The summed E-state index contributed by atoms with van der Waals surface area (Å²) in [5, 5.41) is 11.2. The largest absolute Gasteiger partial charge is 0.366 e. The number of nitro groups is 1. The molecule has 0 saturated carbocycles. The number of hydrogen-bond acceptors (Lipinski definition) is 5. The van der Waals surface area contributed by atoms with E-state index in [0.717, 1.165) is 6.07 Å². The van der Waals surface area contributed by atoms with Crippen molar-refractivity contribution in [2.75, 3.05) is 18.0 Å². The first-order valence-corrected chi connectivity index (χ1v) is 8.80. The average molecular weight is 386 g/mol. The molecule has 1 aliphatic heterocycles. The second-order valence-electron chi connectivity index (χ2n) is 6.43. The fraction of sp³-hybridized carbons (Fsp3) is 0.263. The molecule has 3 rings (SSSR count). The van der Waals surface area contributed by atoms with E-state index in [2.05, 4.69) is 10.9 Å². The number of piperidine rings is 1. The second-order valence-corrected chi connectivity index (χ2v) is 6.43. The highest BCUT2D eigenvalue weighted by Crippen LogP contribution is 2.31. The van der Waals surface area contributed by atoms with Gasteiger partial charge in [0, 0.05) is 25.1 Å². The maximum Gasteiger partial charge on any atom is 0.292 e. The normalized spacial score (nSPS) is 14.4. The van der Waals surface area contributed by atoms with Crippen molar-refractivity contribution in [1.29, 1.82) is 0 Å². The lowest BCUT2D eigenvalue weighted by Crippen LogP contribution is -2.47. The van der Waals surface area contributed by atoms with Crippen molar-refractivity contribution < 1.29 is 18.9 Å². The van der Waals surface area contributed by atoms with Crippen LogP contribution in [0.4, 0.5) is 15.8 Å². The van der Waals surface area contributed by atoms with Crippen molar-refractivity contribution in [1.82, 2.24) is 10.9 Å². The summed E-state index contributed by atoms with van der Waals surface area (Å²) in [6.07, 6.45) is 0.959. The van der Waals surface area contributed by atoms with Gasteiger partial charge in [-0.3, -0.25) is 30.6 Å². The molecule has 146 valence electrons. The van der Waals surface area contributed by atoms with Crippen LogP contribution in [0.15, 0.2) is 48.5 Å². The molecule has 2 amide bonds. The summed E-state index contributed by atoms with van der Waals surface area (Å²) >= 11 is 0. The van der Waals surface area contributed by atoms with Gasteiger partial charge in [0.15, 0.2) is 0 Å². The topological polar surface area (TPSA) is 105 Å². The van der Waals surface area contributed by atoms with E-state index in [1.807, 2.05) is 4.90 Å². The quantitative estimate of drug-likeness (QED) is 0.620. The number of halogens is 1. The van der Waals surface area contributed by atoms with Crippen LogP contribution in [0.1, 0.15) is 23.2 Å². The molecule has 0 spiro atoms. The maximum absolute atomic E-state index is 13.6. The number of hydrogen-bond donors (Lipinski definition) is 2. The molecule has 0 aliphatic carbocycles. The van der Waals surface area contributed by atoms with Gasteiger partial charge < -0.3 is 4.90 Å².